The molecule has 0 saturated heterocycles. The maximum atomic E-state index is 6.61. The highest BCUT2D eigenvalue weighted by Gasteiger charge is 2.37. The van der Waals surface area contributed by atoms with Gasteiger partial charge in [0.15, 0.2) is 0 Å². The fraction of sp³-hybridized carbons (Fsp3) is 0.556. The molecule has 0 heterocycles. The highest BCUT2D eigenvalue weighted by Crippen LogP contribution is 2.33. The molecule has 2 nitrogen and oxygen atoms in total. The second-order valence-electron chi connectivity index (χ2n) is 5.46. The maximum absolute atomic E-state index is 6.61. The smallest absolute Gasteiger partial charge is 0.338 e. The average Bonchev–Trinajstić information content (AvgIpc) is 2.53. The highest BCUT2D eigenvalue weighted by molar-refractivity contribution is 6.67. The van der Waals surface area contributed by atoms with Gasteiger partial charge in [0.1, 0.15) is 0 Å². The van der Waals surface area contributed by atoms with Crippen LogP contribution < -0.4 is 0 Å². The maximum Gasteiger partial charge on any atom is 0.338 e. The van der Waals surface area contributed by atoms with Crippen LogP contribution >= 0.6 is 0 Å². The second-order valence-corrected chi connectivity index (χ2v) is 8.93. The summed E-state index contributed by atoms with van der Waals surface area (Å²) in [6.45, 7) is 10.5. The summed E-state index contributed by atoms with van der Waals surface area (Å²) in [5, 5.41) is 0. The summed E-state index contributed by atoms with van der Waals surface area (Å²) in [4.78, 5) is 0. The SMILES string of the molecule is C=Cc1ccccc1C(CC)O[Si](CCC)(CCC)OC. The van der Waals surface area contributed by atoms with Crippen LogP contribution in [0.3, 0.4) is 0 Å². The lowest BCUT2D eigenvalue weighted by atomic mass is 10.0. The molecule has 3 heteroatoms. The van der Waals surface area contributed by atoms with Crippen LogP contribution in [0.5, 0.6) is 0 Å². The largest absolute Gasteiger partial charge is 0.398 e. The van der Waals surface area contributed by atoms with Crippen LogP contribution in [0.4, 0.5) is 0 Å². The van der Waals surface area contributed by atoms with E-state index in [-0.39, 0.29) is 6.10 Å². The molecule has 0 spiro atoms. The van der Waals surface area contributed by atoms with Gasteiger partial charge in [0.2, 0.25) is 0 Å². The van der Waals surface area contributed by atoms with Gasteiger partial charge in [0, 0.05) is 7.11 Å². The Balaban J connectivity index is 3.05. The van der Waals surface area contributed by atoms with Crippen molar-refractivity contribution in [1.82, 2.24) is 0 Å². The van der Waals surface area contributed by atoms with Crippen molar-refractivity contribution < 1.29 is 8.85 Å². The third-order valence-electron chi connectivity index (χ3n) is 3.92. The minimum Gasteiger partial charge on any atom is -0.398 e. The normalized spacial score (nSPS) is 13.1. The summed E-state index contributed by atoms with van der Waals surface area (Å²) in [5.41, 5.74) is 2.40. The van der Waals surface area contributed by atoms with Crippen molar-refractivity contribution in [3.05, 3.63) is 42.0 Å². The Morgan fingerprint density at radius 1 is 1.14 bits per heavy atom. The molecule has 0 aliphatic heterocycles. The molecule has 0 N–H and O–H groups in total. The van der Waals surface area contributed by atoms with E-state index < -0.39 is 8.56 Å². The lowest BCUT2D eigenvalue weighted by Gasteiger charge is -2.33. The number of benzene rings is 1. The standard InChI is InChI=1S/C18H30O2Si/c1-6-14-21(19-5,15-7-2)20-18(9-4)17-13-11-10-12-16(17)8-3/h8,10-13,18H,3,6-7,9,14-15H2,1-2,4-5H3. The van der Waals surface area contributed by atoms with Gasteiger partial charge in [-0.25, -0.2) is 0 Å². The van der Waals surface area contributed by atoms with Crippen molar-refractivity contribution in [1.29, 1.82) is 0 Å². The molecule has 118 valence electrons. The van der Waals surface area contributed by atoms with Gasteiger partial charge in [-0.3, -0.25) is 0 Å². The topological polar surface area (TPSA) is 18.5 Å². The van der Waals surface area contributed by atoms with Crippen molar-refractivity contribution in [2.75, 3.05) is 7.11 Å². The molecule has 0 bridgehead atoms. The molecule has 1 aromatic rings. The fourth-order valence-electron chi connectivity index (χ4n) is 2.87. The fourth-order valence-corrected chi connectivity index (χ4v) is 6.20. The van der Waals surface area contributed by atoms with E-state index in [9.17, 15) is 0 Å². The van der Waals surface area contributed by atoms with E-state index in [1.165, 1.54) is 5.56 Å². The molecular weight excluding hydrogens is 276 g/mol. The molecule has 0 amide bonds. The van der Waals surface area contributed by atoms with E-state index in [0.717, 1.165) is 36.9 Å². The summed E-state index contributed by atoms with van der Waals surface area (Å²) in [6.07, 6.45) is 5.19. The summed E-state index contributed by atoms with van der Waals surface area (Å²) < 4.78 is 12.6. The van der Waals surface area contributed by atoms with Crippen LogP contribution in [0, 0.1) is 0 Å². The summed E-state index contributed by atoms with van der Waals surface area (Å²) >= 11 is 0. The molecule has 21 heavy (non-hydrogen) atoms. The van der Waals surface area contributed by atoms with Crippen molar-refractivity contribution in [3.8, 4) is 0 Å². The lowest BCUT2D eigenvalue weighted by molar-refractivity contribution is 0.124. The van der Waals surface area contributed by atoms with Crippen LogP contribution in [-0.2, 0) is 8.85 Å². The Hall–Kier alpha value is -0.903. The molecule has 1 rings (SSSR count). The van der Waals surface area contributed by atoms with Gasteiger partial charge in [-0.1, -0.05) is 70.5 Å². The van der Waals surface area contributed by atoms with Crippen LogP contribution in [0.2, 0.25) is 12.1 Å². The van der Waals surface area contributed by atoms with Crippen molar-refractivity contribution in [2.24, 2.45) is 0 Å². The van der Waals surface area contributed by atoms with Crippen molar-refractivity contribution in [2.45, 2.75) is 58.2 Å². The first kappa shape index (κ1) is 18.1. The molecule has 1 aromatic carbocycles. The van der Waals surface area contributed by atoms with Gasteiger partial charge in [-0.15, -0.1) is 0 Å². The monoisotopic (exact) mass is 306 g/mol. The number of hydrogen-bond donors (Lipinski definition) is 0. The zero-order valence-electron chi connectivity index (χ0n) is 14.0. The number of hydrogen-bond acceptors (Lipinski definition) is 2. The summed E-state index contributed by atoms with van der Waals surface area (Å²) in [7, 11) is -0.283. The zero-order valence-corrected chi connectivity index (χ0v) is 15.0. The van der Waals surface area contributed by atoms with Crippen LogP contribution in [0.1, 0.15) is 57.3 Å². The quantitative estimate of drug-likeness (QED) is 0.516. The first-order valence-electron chi connectivity index (χ1n) is 8.10. The minimum atomic E-state index is -2.11. The Morgan fingerprint density at radius 2 is 1.76 bits per heavy atom. The van der Waals surface area contributed by atoms with Crippen molar-refractivity contribution >= 4 is 14.6 Å². The highest BCUT2D eigenvalue weighted by atomic mass is 28.4. The third-order valence-corrected chi connectivity index (χ3v) is 7.91. The molecule has 0 fully saturated rings. The first-order valence-corrected chi connectivity index (χ1v) is 10.3. The van der Waals surface area contributed by atoms with E-state index in [0.29, 0.717) is 0 Å². The van der Waals surface area contributed by atoms with Gasteiger partial charge < -0.3 is 8.85 Å². The second kappa shape index (κ2) is 9.18. The number of rotatable bonds is 10. The molecule has 0 radical (unpaired) electrons. The first-order chi connectivity index (χ1) is 10.2. The minimum absolute atomic E-state index is 0.101. The summed E-state index contributed by atoms with van der Waals surface area (Å²) in [5.74, 6) is 0. The Morgan fingerprint density at radius 3 is 2.24 bits per heavy atom. The molecule has 0 aliphatic carbocycles. The van der Waals surface area contributed by atoms with Gasteiger partial charge in [0.25, 0.3) is 0 Å². The predicted molar refractivity (Wildman–Crippen MR) is 93.6 cm³/mol. The van der Waals surface area contributed by atoms with E-state index in [4.69, 9.17) is 8.85 Å². The molecule has 0 aromatic heterocycles. The van der Waals surface area contributed by atoms with Crippen LogP contribution in [-0.4, -0.2) is 15.7 Å². The Bertz CT molecular complexity index is 425. The van der Waals surface area contributed by atoms with Crippen molar-refractivity contribution in [3.63, 3.8) is 0 Å². The van der Waals surface area contributed by atoms with Crippen LogP contribution in [0.15, 0.2) is 30.8 Å². The van der Waals surface area contributed by atoms with Gasteiger partial charge in [0.05, 0.1) is 6.10 Å². The van der Waals surface area contributed by atoms with Gasteiger partial charge in [-0.2, -0.15) is 0 Å². The predicted octanol–water partition coefficient (Wildman–Crippen LogP) is 5.71. The van der Waals surface area contributed by atoms with Crippen LogP contribution in [0.25, 0.3) is 6.08 Å². The Labute approximate surface area is 131 Å². The van der Waals surface area contributed by atoms with E-state index in [2.05, 4.69) is 45.5 Å². The molecule has 1 unspecified atom stereocenters. The van der Waals surface area contributed by atoms with Gasteiger partial charge >= 0.3 is 8.56 Å². The zero-order chi connectivity index (χ0) is 15.7. The average molecular weight is 307 g/mol. The van der Waals surface area contributed by atoms with E-state index in [1.807, 2.05) is 19.3 Å². The van der Waals surface area contributed by atoms with Gasteiger partial charge in [-0.05, 0) is 29.6 Å². The lowest BCUT2D eigenvalue weighted by Crippen LogP contribution is -2.42. The van der Waals surface area contributed by atoms with E-state index in [1.54, 1.807) is 0 Å². The third kappa shape index (κ3) is 4.80. The van der Waals surface area contributed by atoms with E-state index >= 15 is 0 Å². The molecule has 0 aliphatic rings. The molecule has 0 saturated carbocycles. The Kier molecular flexibility index (Phi) is 7.94. The molecular formula is C18H30O2Si. The molecule has 1 atom stereocenters. The summed E-state index contributed by atoms with van der Waals surface area (Å²) in [6, 6.07) is 10.5.